The number of likely N-dealkylation sites (N-methyl/N-ethyl adjacent to an activating group) is 1. The molecule has 3 rings (SSSR count). The Balaban J connectivity index is 1.71. The molecular formula is C17H24N6. The highest BCUT2D eigenvalue weighted by Gasteiger charge is 2.17. The maximum Gasteiger partial charge on any atom is 0.249 e. The molecule has 0 amide bonds. The van der Waals surface area contributed by atoms with Gasteiger partial charge in [-0.2, -0.15) is 10.1 Å². The molecule has 122 valence electrons. The molecule has 0 bridgehead atoms. The van der Waals surface area contributed by atoms with E-state index >= 15 is 0 Å². The van der Waals surface area contributed by atoms with Crippen LogP contribution in [0.4, 0.5) is 17.5 Å². The molecule has 2 aromatic rings. The van der Waals surface area contributed by atoms with Crippen LogP contribution in [0, 0.1) is 13.8 Å². The molecular weight excluding hydrogens is 288 g/mol. The Bertz CT molecular complexity index is 664. The van der Waals surface area contributed by atoms with Gasteiger partial charge in [0.2, 0.25) is 5.95 Å². The van der Waals surface area contributed by atoms with Crippen LogP contribution in [-0.4, -0.2) is 52.8 Å². The third-order valence-electron chi connectivity index (χ3n) is 4.45. The summed E-state index contributed by atoms with van der Waals surface area (Å²) in [6, 6.07) is 6.24. The van der Waals surface area contributed by atoms with Crippen LogP contribution in [0.25, 0.3) is 0 Å². The van der Waals surface area contributed by atoms with Crippen LogP contribution in [0.2, 0.25) is 0 Å². The second-order valence-electron chi connectivity index (χ2n) is 5.98. The minimum absolute atomic E-state index is 0.545. The Labute approximate surface area is 137 Å². The third kappa shape index (κ3) is 3.76. The zero-order chi connectivity index (χ0) is 16.2. The van der Waals surface area contributed by atoms with E-state index in [2.05, 4.69) is 63.2 Å². The monoisotopic (exact) mass is 312 g/mol. The molecule has 0 atom stereocenters. The summed E-state index contributed by atoms with van der Waals surface area (Å²) in [6.45, 7) is 11.6. The summed E-state index contributed by atoms with van der Waals surface area (Å²) < 4.78 is 0. The van der Waals surface area contributed by atoms with Gasteiger partial charge in [0.05, 0.1) is 6.20 Å². The van der Waals surface area contributed by atoms with E-state index in [-0.39, 0.29) is 0 Å². The molecule has 1 fully saturated rings. The summed E-state index contributed by atoms with van der Waals surface area (Å²) in [6.07, 6.45) is 1.74. The Morgan fingerprint density at radius 2 is 1.87 bits per heavy atom. The molecule has 1 aliphatic heterocycles. The molecule has 0 spiro atoms. The number of rotatable bonds is 4. The van der Waals surface area contributed by atoms with Gasteiger partial charge < -0.3 is 15.1 Å². The van der Waals surface area contributed by atoms with Gasteiger partial charge in [-0.25, -0.2) is 0 Å². The summed E-state index contributed by atoms with van der Waals surface area (Å²) in [5, 5.41) is 11.5. The Morgan fingerprint density at radius 1 is 1.09 bits per heavy atom. The first-order valence-electron chi connectivity index (χ1n) is 8.17. The highest BCUT2D eigenvalue weighted by atomic mass is 15.3. The molecule has 2 heterocycles. The van der Waals surface area contributed by atoms with Gasteiger partial charge in [0, 0.05) is 31.9 Å². The van der Waals surface area contributed by atoms with E-state index in [1.54, 1.807) is 6.20 Å². The van der Waals surface area contributed by atoms with Crippen molar-refractivity contribution in [3.8, 4) is 0 Å². The predicted octanol–water partition coefficient (Wildman–Crippen LogP) is 2.37. The van der Waals surface area contributed by atoms with Gasteiger partial charge in [-0.05, 0) is 43.7 Å². The number of piperazine rings is 1. The van der Waals surface area contributed by atoms with Gasteiger partial charge in [-0.15, -0.1) is 5.10 Å². The van der Waals surface area contributed by atoms with Crippen molar-refractivity contribution < 1.29 is 0 Å². The standard InChI is InChI=1S/C17H24N6/c1-4-22-7-9-23(10-8-22)16-12-18-21-17(20-16)19-15-6-5-13(2)14(3)11-15/h5-6,11-12H,4,7-10H2,1-3H3,(H,19,20,21). The number of aryl methyl sites for hydroxylation is 2. The normalized spacial score (nSPS) is 15.7. The van der Waals surface area contributed by atoms with Gasteiger partial charge in [0.1, 0.15) is 0 Å². The predicted molar refractivity (Wildman–Crippen MR) is 93.4 cm³/mol. The highest BCUT2D eigenvalue weighted by Crippen LogP contribution is 2.19. The number of hydrogen-bond donors (Lipinski definition) is 1. The molecule has 0 radical (unpaired) electrons. The van der Waals surface area contributed by atoms with E-state index in [9.17, 15) is 0 Å². The lowest BCUT2D eigenvalue weighted by Gasteiger charge is -2.34. The molecule has 1 aromatic heterocycles. The fourth-order valence-corrected chi connectivity index (χ4v) is 2.74. The number of benzene rings is 1. The van der Waals surface area contributed by atoms with Crippen LogP contribution in [0.15, 0.2) is 24.4 Å². The Hall–Kier alpha value is -2.21. The lowest BCUT2D eigenvalue weighted by atomic mass is 10.1. The molecule has 1 N–H and O–H groups in total. The smallest absolute Gasteiger partial charge is 0.249 e. The number of nitrogens with zero attached hydrogens (tertiary/aromatic N) is 5. The maximum atomic E-state index is 4.62. The molecule has 0 aliphatic carbocycles. The summed E-state index contributed by atoms with van der Waals surface area (Å²) >= 11 is 0. The van der Waals surface area contributed by atoms with Crippen molar-refractivity contribution in [3.05, 3.63) is 35.5 Å². The molecule has 1 aromatic carbocycles. The lowest BCUT2D eigenvalue weighted by molar-refractivity contribution is 0.270. The fraction of sp³-hybridized carbons (Fsp3) is 0.471. The van der Waals surface area contributed by atoms with Crippen molar-refractivity contribution in [1.82, 2.24) is 20.1 Å². The second-order valence-corrected chi connectivity index (χ2v) is 5.98. The van der Waals surface area contributed by atoms with Crippen LogP contribution < -0.4 is 10.2 Å². The number of anilines is 3. The first-order chi connectivity index (χ1) is 11.2. The molecule has 1 saturated heterocycles. The van der Waals surface area contributed by atoms with Gasteiger partial charge in [-0.1, -0.05) is 13.0 Å². The van der Waals surface area contributed by atoms with E-state index < -0.39 is 0 Å². The van der Waals surface area contributed by atoms with Crippen LogP contribution in [0.1, 0.15) is 18.1 Å². The number of nitrogens with one attached hydrogen (secondary N) is 1. The van der Waals surface area contributed by atoms with Crippen LogP contribution in [0.3, 0.4) is 0 Å². The largest absolute Gasteiger partial charge is 0.353 e. The number of aromatic nitrogens is 3. The summed E-state index contributed by atoms with van der Waals surface area (Å²) in [7, 11) is 0. The Kier molecular flexibility index (Phi) is 4.71. The van der Waals surface area contributed by atoms with Gasteiger partial charge >= 0.3 is 0 Å². The van der Waals surface area contributed by atoms with E-state index in [0.29, 0.717) is 5.95 Å². The van der Waals surface area contributed by atoms with Crippen molar-refractivity contribution in [2.24, 2.45) is 0 Å². The van der Waals surface area contributed by atoms with Crippen molar-refractivity contribution in [2.45, 2.75) is 20.8 Å². The molecule has 0 unspecified atom stereocenters. The molecule has 1 aliphatic rings. The van der Waals surface area contributed by atoms with Crippen molar-refractivity contribution in [2.75, 3.05) is 42.9 Å². The summed E-state index contributed by atoms with van der Waals surface area (Å²) in [4.78, 5) is 9.33. The zero-order valence-electron chi connectivity index (χ0n) is 14.1. The third-order valence-corrected chi connectivity index (χ3v) is 4.45. The van der Waals surface area contributed by atoms with Gasteiger partial charge in [-0.3, -0.25) is 0 Å². The van der Waals surface area contributed by atoms with Gasteiger partial charge in [0.15, 0.2) is 5.82 Å². The zero-order valence-corrected chi connectivity index (χ0v) is 14.1. The van der Waals surface area contributed by atoms with Gasteiger partial charge in [0.25, 0.3) is 0 Å². The van der Waals surface area contributed by atoms with E-state index in [4.69, 9.17) is 0 Å². The highest BCUT2D eigenvalue weighted by molar-refractivity contribution is 5.56. The molecule has 6 heteroatoms. The summed E-state index contributed by atoms with van der Waals surface area (Å²) in [5.41, 5.74) is 3.51. The molecule has 23 heavy (non-hydrogen) atoms. The summed E-state index contributed by atoms with van der Waals surface area (Å²) in [5.74, 6) is 1.44. The number of hydrogen-bond acceptors (Lipinski definition) is 6. The average molecular weight is 312 g/mol. The molecule has 6 nitrogen and oxygen atoms in total. The van der Waals surface area contributed by atoms with E-state index in [1.807, 2.05) is 6.07 Å². The minimum Gasteiger partial charge on any atom is -0.353 e. The van der Waals surface area contributed by atoms with Crippen LogP contribution in [0.5, 0.6) is 0 Å². The minimum atomic E-state index is 0.545. The SMILES string of the molecule is CCN1CCN(c2cnnc(Nc3ccc(C)c(C)c3)n2)CC1. The lowest BCUT2D eigenvalue weighted by Crippen LogP contribution is -2.46. The van der Waals surface area contributed by atoms with Crippen molar-refractivity contribution in [1.29, 1.82) is 0 Å². The van der Waals surface area contributed by atoms with Crippen molar-refractivity contribution >= 4 is 17.5 Å². The van der Waals surface area contributed by atoms with E-state index in [1.165, 1.54) is 11.1 Å². The topological polar surface area (TPSA) is 57.2 Å². The maximum absolute atomic E-state index is 4.62. The second kappa shape index (κ2) is 6.91. The van der Waals surface area contributed by atoms with Crippen LogP contribution in [-0.2, 0) is 0 Å². The first-order valence-corrected chi connectivity index (χ1v) is 8.17. The van der Waals surface area contributed by atoms with Crippen molar-refractivity contribution in [3.63, 3.8) is 0 Å². The van der Waals surface area contributed by atoms with Crippen LogP contribution >= 0.6 is 0 Å². The first kappa shape index (κ1) is 15.7. The average Bonchev–Trinajstić information content (AvgIpc) is 2.58. The Morgan fingerprint density at radius 3 is 2.57 bits per heavy atom. The quantitative estimate of drug-likeness (QED) is 0.935. The fourth-order valence-electron chi connectivity index (χ4n) is 2.74. The van der Waals surface area contributed by atoms with E-state index in [0.717, 1.165) is 44.2 Å². The molecule has 0 saturated carbocycles.